The summed E-state index contributed by atoms with van der Waals surface area (Å²) in [5.41, 5.74) is 1.36. The third-order valence-electron chi connectivity index (χ3n) is 10.1. The second kappa shape index (κ2) is 19.9. The summed E-state index contributed by atoms with van der Waals surface area (Å²) in [7, 11) is -6.58. The molecule has 0 radical (unpaired) electrons. The van der Waals surface area contributed by atoms with Crippen molar-refractivity contribution in [3.05, 3.63) is 120 Å². The third-order valence-corrected chi connectivity index (χ3v) is 16.0. The van der Waals surface area contributed by atoms with E-state index in [1.165, 1.54) is 41.7 Å². The van der Waals surface area contributed by atoms with Crippen LogP contribution < -0.4 is 19.5 Å². The molecule has 0 aliphatic carbocycles. The van der Waals surface area contributed by atoms with E-state index in [0.29, 0.717) is 34.4 Å². The first-order valence-electron chi connectivity index (χ1n) is 20.7. The van der Waals surface area contributed by atoms with Crippen molar-refractivity contribution in [2.24, 2.45) is 0 Å². The summed E-state index contributed by atoms with van der Waals surface area (Å²) in [6, 6.07) is 27.5. The van der Waals surface area contributed by atoms with Crippen molar-refractivity contribution in [1.82, 2.24) is 29.5 Å². The van der Waals surface area contributed by atoms with Gasteiger partial charge in [0.05, 0.1) is 44.1 Å². The number of nitrogens with one attached hydrogen (secondary N) is 1. The summed E-state index contributed by atoms with van der Waals surface area (Å²) in [5.74, 6) is 1.31. The number of sulfonamides is 1. The van der Waals surface area contributed by atoms with Crippen molar-refractivity contribution >= 4 is 39.8 Å². The van der Waals surface area contributed by atoms with Crippen LogP contribution in [0.4, 0.5) is 10.6 Å². The van der Waals surface area contributed by atoms with Gasteiger partial charge in [-0.1, -0.05) is 62.1 Å². The fourth-order valence-corrected chi connectivity index (χ4v) is 13.5. The number of pyridine rings is 1. The molecule has 0 unspecified atom stereocenters. The molecule has 0 saturated carbocycles. The Hall–Kier alpha value is -6.15. The SMILES string of the molecule is COc1ccc(CN(Cc2ccc(OC)cc2)S(=O)(=O)c2c(S(=O)(=O)CC[Si](C)(C)C)ccc(-c3cccnc3NC(=O)OC(C)(C)C)c2-c2nnn(Cc3ccc(OC)cc3)n2)cc1. The van der Waals surface area contributed by atoms with Gasteiger partial charge in [0.25, 0.3) is 0 Å². The molecular formula is C46H55N7O9S2Si. The van der Waals surface area contributed by atoms with E-state index < -0.39 is 49.4 Å². The summed E-state index contributed by atoms with van der Waals surface area (Å²) in [6.45, 7) is 11.1. The van der Waals surface area contributed by atoms with Gasteiger partial charge in [-0.15, -0.1) is 10.2 Å². The molecule has 2 aromatic heterocycles. The van der Waals surface area contributed by atoms with Crippen molar-refractivity contribution in [1.29, 1.82) is 0 Å². The predicted molar refractivity (Wildman–Crippen MR) is 251 cm³/mol. The molecule has 0 aliphatic rings. The zero-order chi connectivity index (χ0) is 47.2. The number of carbonyl (C=O) groups excluding carboxylic acids is 1. The second-order valence-corrected chi connectivity index (χ2v) is 27.0. The fraction of sp³-hybridized carbons (Fsp3) is 0.326. The van der Waals surface area contributed by atoms with Gasteiger partial charge in [0.1, 0.15) is 33.6 Å². The number of rotatable bonds is 18. The molecule has 0 atom stereocenters. The lowest BCUT2D eigenvalue weighted by Crippen LogP contribution is -2.32. The Labute approximate surface area is 381 Å². The highest BCUT2D eigenvalue weighted by Crippen LogP contribution is 2.43. The van der Waals surface area contributed by atoms with E-state index in [9.17, 15) is 13.2 Å². The fourth-order valence-electron chi connectivity index (χ4n) is 6.71. The zero-order valence-electron chi connectivity index (χ0n) is 38.0. The Kier molecular flexibility index (Phi) is 14.8. The van der Waals surface area contributed by atoms with Crippen LogP contribution in [0, 0.1) is 0 Å². The van der Waals surface area contributed by atoms with E-state index in [-0.39, 0.29) is 53.7 Å². The van der Waals surface area contributed by atoms with E-state index in [2.05, 4.69) is 20.6 Å². The Bertz CT molecular complexity index is 2780. The van der Waals surface area contributed by atoms with Gasteiger partial charge in [-0.25, -0.2) is 26.6 Å². The summed E-state index contributed by atoms with van der Waals surface area (Å²) < 4.78 is 84.6. The molecule has 0 spiro atoms. The molecule has 2 heterocycles. The lowest BCUT2D eigenvalue weighted by atomic mass is 9.99. The van der Waals surface area contributed by atoms with Gasteiger partial charge >= 0.3 is 6.09 Å². The highest BCUT2D eigenvalue weighted by molar-refractivity contribution is 7.93. The molecule has 6 rings (SSSR count). The van der Waals surface area contributed by atoms with Gasteiger partial charge in [-0.3, -0.25) is 5.32 Å². The molecule has 19 heteroatoms. The van der Waals surface area contributed by atoms with Crippen molar-refractivity contribution < 1.29 is 40.6 Å². The number of tetrazole rings is 1. The van der Waals surface area contributed by atoms with Crippen molar-refractivity contribution in [2.45, 2.75) is 81.5 Å². The summed E-state index contributed by atoms with van der Waals surface area (Å²) in [5, 5.41) is 16.2. The number of hydrogen-bond donors (Lipinski definition) is 1. The van der Waals surface area contributed by atoms with Gasteiger partial charge in [0.2, 0.25) is 15.8 Å². The van der Waals surface area contributed by atoms with E-state index >= 15 is 8.42 Å². The molecule has 65 heavy (non-hydrogen) atoms. The Balaban J connectivity index is 1.66. The standard InChI is InChI=1S/C46H55N7O9S2Si/c1-46(2,3)62-45(54)48-43-39(11-10-26-47-43)38-24-25-40(63(55,56)27-28-65(7,8)9)42(41(38)44-49-51-53(50-44)31-34-16-22-37(61-6)23-17-34)64(57,58)52(29-32-12-18-35(59-4)19-13-32)30-33-14-20-36(60-5)21-15-33/h10-26H,27-31H2,1-9H3,(H,47,48,54). The van der Waals surface area contributed by atoms with E-state index in [4.69, 9.17) is 24.0 Å². The maximum Gasteiger partial charge on any atom is 0.413 e. The number of aromatic nitrogens is 5. The van der Waals surface area contributed by atoms with Crippen LogP contribution in [-0.4, -0.2) is 93.2 Å². The number of anilines is 1. The minimum Gasteiger partial charge on any atom is -0.497 e. The highest BCUT2D eigenvalue weighted by Gasteiger charge is 2.38. The van der Waals surface area contributed by atoms with Crippen molar-refractivity contribution in [3.63, 3.8) is 0 Å². The predicted octanol–water partition coefficient (Wildman–Crippen LogP) is 8.33. The largest absolute Gasteiger partial charge is 0.497 e. The summed E-state index contributed by atoms with van der Waals surface area (Å²) in [6.07, 6.45) is 0.642. The van der Waals surface area contributed by atoms with Crippen LogP contribution in [-0.2, 0) is 44.2 Å². The number of ether oxygens (including phenoxy) is 4. The molecular weight excluding hydrogens is 887 g/mol. The monoisotopic (exact) mass is 941 g/mol. The van der Waals surface area contributed by atoms with Crippen LogP contribution in [0.25, 0.3) is 22.5 Å². The maximum absolute atomic E-state index is 16.0. The van der Waals surface area contributed by atoms with Crippen LogP contribution in [0.1, 0.15) is 37.5 Å². The van der Waals surface area contributed by atoms with Gasteiger partial charge < -0.3 is 18.9 Å². The molecule has 16 nitrogen and oxygen atoms in total. The quantitative estimate of drug-likeness (QED) is 0.0809. The lowest BCUT2D eigenvalue weighted by Gasteiger charge is -2.27. The molecule has 344 valence electrons. The number of methoxy groups -OCH3 is 3. The molecule has 0 fully saturated rings. The van der Waals surface area contributed by atoms with Crippen LogP contribution >= 0.6 is 0 Å². The van der Waals surface area contributed by atoms with Gasteiger partial charge in [0.15, 0.2) is 9.84 Å². The molecule has 0 aliphatic heterocycles. The van der Waals surface area contributed by atoms with Crippen LogP contribution in [0.15, 0.2) is 113 Å². The first kappa shape index (κ1) is 48.3. The number of sulfone groups is 1. The number of amides is 1. The van der Waals surface area contributed by atoms with Crippen molar-refractivity contribution in [2.75, 3.05) is 32.4 Å². The number of benzene rings is 4. The topological polar surface area (TPSA) is 194 Å². The van der Waals surface area contributed by atoms with E-state index in [0.717, 1.165) is 5.56 Å². The van der Waals surface area contributed by atoms with Crippen molar-refractivity contribution in [3.8, 4) is 39.8 Å². The number of hydrogen-bond acceptors (Lipinski definition) is 13. The van der Waals surface area contributed by atoms with Gasteiger partial charge in [-0.05, 0) is 109 Å². The lowest BCUT2D eigenvalue weighted by molar-refractivity contribution is 0.0635. The summed E-state index contributed by atoms with van der Waals surface area (Å²) >= 11 is 0. The van der Waals surface area contributed by atoms with Crippen LogP contribution in [0.2, 0.25) is 25.7 Å². The number of carbonyl (C=O) groups is 1. The minimum absolute atomic E-state index is 0.0136. The first-order chi connectivity index (χ1) is 30.7. The molecule has 0 saturated heterocycles. The van der Waals surface area contributed by atoms with Crippen LogP contribution in [0.5, 0.6) is 17.2 Å². The average molecular weight is 942 g/mol. The Morgan fingerprint density at radius 3 is 1.78 bits per heavy atom. The van der Waals surface area contributed by atoms with E-state index in [1.807, 2.05) is 31.8 Å². The third kappa shape index (κ3) is 12.4. The molecule has 1 N–H and O–H groups in total. The molecule has 0 bridgehead atoms. The average Bonchev–Trinajstić information content (AvgIpc) is 3.73. The highest BCUT2D eigenvalue weighted by atomic mass is 32.2. The minimum atomic E-state index is -4.88. The number of nitrogens with zero attached hydrogens (tertiary/aromatic N) is 6. The van der Waals surface area contributed by atoms with Crippen LogP contribution in [0.3, 0.4) is 0 Å². The smallest absolute Gasteiger partial charge is 0.413 e. The molecule has 1 amide bonds. The van der Waals surface area contributed by atoms with Gasteiger partial charge in [-0.2, -0.15) is 9.10 Å². The van der Waals surface area contributed by atoms with Gasteiger partial charge in [0, 0.05) is 32.9 Å². The zero-order valence-corrected chi connectivity index (χ0v) is 40.7. The van der Waals surface area contributed by atoms with E-state index in [1.54, 1.807) is 101 Å². The Morgan fingerprint density at radius 2 is 1.28 bits per heavy atom. The summed E-state index contributed by atoms with van der Waals surface area (Å²) in [4.78, 5) is 18.0. The second-order valence-electron chi connectivity index (χ2n) is 17.4. The Morgan fingerprint density at radius 1 is 0.738 bits per heavy atom. The molecule has 4 aromatic carbocycles. The maximum atomic E-state index is 16.0. The molecule has 6 aromatic rings. The first-order valence-corrected chi connectivity index (χ1v) is 27.5. The normalized spacial score (nSPS) is 12.2.